The molecule has 1 amide bonds. The van der Waals surface area contributed by atoms with Crippen LogP contribution in [-0.4, -0.2) is 23.0 Å². The highest BCUT2D eigenvalue weighted by Crippen LogP contribution is 2.19. The van der Waals surface area contributed by atoms with E-state index in [0.29, 0.717) is 0 Å². The van der Waals surface area contributed by atoms with Gasteiger partial charge in [0.25, 0.3) is 0 Å². The Morgan fingerprint density at radius 1 is 1.22 bits per heavy atom. The monoisotopic (exact) mass is 250 g/mol. The first-order chi connectivity index (χ1) is 8.43. The lowest BCUT2D eigenvalue weighted by atomic mass is 9.94. The van der Waals surface area contributed by atoms with Crippen LogP contribution >= 0.6 is 0 Å². The van der Waals surface area contributed by atoms with Crippen molar-refractivity contribution in [1.82, 2.24) is 5.32 Å². The van der Waals surface area contributed by atoms with Gasteiger partial charge in [0, 0.05) is 6.04 Å². The van der Waals surface area contributed by atoms with Gasteiger partial charge in [0.15, 0.2) is 0 Å². The zero-order valence-electron chi connectivity index (χ0n) is 10.5. The lowest BCUT2D eigenvalue weighted by molar-refractivity contribution is -0.141. The molecule has 0 saturated carbocycles. The molecule has 0 aliphatic heterocycles. The summed E-state index contributed by atoms with van der Waals surface area (Å²) in [5.74, 6) is -1.92. The summed E-state index contributed by atoms with van der Waals surface area (Å²) in [6, 6.07) is 7.88. The van der Waals surface area contributed by atoms with Crippen LogP contribution in [0.1, 0.15) is 25.5 Å². The highest BCUT2D eigenvalue weighted by atomic mass is 16.4. The van der Waals surface area contributed by atoms with Gasteiger partial charge in [-0.2, -0.15) is 0 Å². The molecule has 1 rings (SSSR count). The van der Waals surface area contributed by atoms with Crippen LogP contribution in [0.25, 0.3) is 0 Å². The number of nitrogens with two attached hydrogens (primary N) is 1. The first-order valence-electron chi connectivity index (χ1n) is 5.77. The van der Waals surface area contributed by atoms with Gasteiger partial charge in [0.1, 0.15) is 6.04 Å². The van der Waals surface area contributed by atoms with Crippen LogP contribution in [0.3, 0.4) is 0 Å². The molecule has 5 nitrogen and oxygen atoms in total. The van der Waals surface area contributed by atoms with Crippen molar-refractivity contribution in [2.75, 3.05) is 0 Å². The number of carbonyl (C=O) groups excluding carboxylic acids is 1. The molecule has 18 heavy (non-hydrogen) atoms. The number of carbonyl (C=O) groups is 2. The Balaban J connectivity index is 2.67. The van der Waals surface area contributed by atoms with Crippen molar-refractivity contribution in [3.63, 3.8) is 0 Å². The highest BCUT2D eigenvalue weighted by Gasteiger charge is 2.24. The number of nitrogens with one attached hydrogen (secondary N) is 1. The zero-order chi connectivity index (χ0) is 13.7. The Labute approximate surface area is 106 Å². The fourth-order valence-electron chi connectivity index (χ4n) is 1.53. The maximum Gasteiger partial charge on any atom is 0.325 e. The Kier molecular flexibility index (Phi) is 4.85. The molecule has 0 aliphatic rings. The first-order valence-corrected chi connectivity index (χ1v) is 5.77. The number of amides is 1. The number of benzene rings is 1. The quantitative estimate of drug-likeness (QED) is 0.724. The molecule has 0 spiro atoms. The molecule has 0 saturated heterocycles. The second-order valence-corrected chi connectivity index (χ2v) is 4.29. The molecule has 2 unspecified atom stereocenters. The van der Waals surface area contributed by atoms with Gasteiger partial charge in [0.2, 0.25) is 5.91 Å². The molecule has 98 valence electrons. The van der Waals surface area contributed by atoms with Gasteiger partial charge < -0.3 is 16.2 Å². The van der Waals surface area contributed by atoms with E-state index in [2.05, 4.69) is 5.32 Å². The molecule has 0 bridgehead atoms. The third kappa shape index (κ3) is 3.56. The van der Waals surface area contributed by atoms with Crippen LogP contribution in [0, 0.1) is 5.92 Å². The van der Waals surface area contributed by atoms with Crippen molar-refractivity contribution >= 4 is 11.9 Å². The van der Waals surface area contributed by atoms with E-state index in [-0.39, 0.29) is 5.91 Å². The lowest BCUT2D eigenvalue weighted by Gasteiger charge is -2.21. The largest absolute Gasteiger partial charge is 0.480 e. The normalized spacial score (nSPS) is 15.5. The van der Waals surface area contributed by atoms with Crippen LogP contribution in [0.15, 0.2) is 30.3 Å². The summed E-state index contributed by atoms with van der Waals surface area (Å²) in [6.07, 6.45) is 0. The van der Waals surface area contributed by atoms with Crippen LogP contribution in [0.4, 0.5) is 0 Å². The molecule has 3 atom stereocenters. The molecular formula is C13H18N2O3. The van der Waals surface area contributed by atoms with Gasteiger partial charge in [-0.3, -0.25) is 9.59 Å². The summed E-state index contributed by atoms with van der Waals surface area (Å²) < 4.78 is 0. The Morgan fingerprint density at radius 3 is 2.28 bits per heavy atom. The van der Waals surface area contributed by atoms with Crippen molar-refractivity contribution in [3.05, 3.63) is 35.9 Å². The number of rotatable bonds is 5. The number of hydrogen-bond donors (Lipinski definition) is 3. The number of carboxylic acid groups (broad SMARTS) is 1. The predicted octanol–water partition coefficient (Wildman–Crippen LogP) is 0.912. The molecule has 0 radical (unpaired) electrons. The van der Waals surface area contributed by atoms with E-state index in [9.17, 15) is 9.59 Å². The number of hydrogen-bond acceptors (Lipinski definition) is 3. The van der Waals surface area contributed by atoms with Crippen molar-refractivity contribution in [2.45, 2.75) is 25.9 Å². The molecular weight excluding hydrogens is 232 g/mol. The molecule has 4 N–H and O–H groups in total. The zero-order valence-corrected chi connectivity index (χ0v) is 10.5. The second kappa shape index (κ2) is 6.16. The Morgan fingerprint density at radius 2 is 1.78 bits per heavy atom. The molecule has 0 fully saturated rings. The van der Waals surface area contributed by atoms with Gasteiger partial charge >= 0.3 is 5.97 Å². The predicted molar refractivity (Wildman–Crippen MR) is 67.8 cm³/mol. The average Bonchev–Trinajstić information content (AvgIpc) is 2.37. The van der Waals surface area contributed by atoms with Crippen LogP contribution < -0.4 is 11.1 Å². The van der Waals surface area contributed by atoms with E-state index >= 15 is 0 Å². The van der Waals surface area contributed by atoms with Crippen molar-refractivity contribution < 1.29 is 14.7 Å². The van der Waals surface area contributed by atoms with Crippen molar-refractivity contribution in [1.29, 1.82) is 0 Å². The SMILES string of the molecule is CC(C(=O)N[C@@H](C)C(=O)O)C(N)c1ccccc1. The molecule has 0 heterocycles. The van der Waals surface area contributed by atoms with E-state index in [1.165, 1.54) is 6.92 Å². The molecule has 0 aliphatic carbocycles. The maximum absolute atomic E-state index is 11.8. The van der Waals surface area contributed by atoms with Gasteiger partial charge in [-0.05, 0) is 12.5 Å². The minimum Gasteiger partial charge on any atom is -0.480 e. The van der Waals surface area contributed by atoms with Gasteiger partial charge in [-0.15, -0.1) is 0 Å². The lowest BCUT2D eigenvalue weighted by Crippen LogP contribution is -2.43. The van der Waals surface area contributed by atoms with E-state index in [0.717, 1.165) is 5.56 Å². The van der Waals surface area contributed by atoms with Crippen molar-refractivity contribution in [3.8, 4) is 0 Å². The minimum atomic E-state index is -1.07. The number of carboxylic acids is 1. The standard InChI is InChI=1S/C13H18N2O3/c1-8(12(16)15-9(2)13(17)18)11(14)10-6-4-3-5-7-10/h3-9,11H,14H2,1-2H3,(H,15,16)(H,17,18)/t8?,9-,11?/m0/s1. The Bertz CT molecular complexity index is 420. The smallest absolute Gasteiger partial charge is 0.325 e. The third-order valence-electron chi connectivity index (χ3n) is 2.87. The van der Waals surface area contributed by atoms with Gasteiger partial charge in [0.05, 0.1) is 5.92 Å². The first kappa shape index (κ1) is 14.2. The minimum absolute atomic E-state index is 0.360. The summed E-state index contributed by atoms with van der Waals surface area (Å²) in [5.41, 5.74) is 6.83. The second-order valence-electron chi connectivity index (χ2n) is 4.29. The fraction of sp³-hybridized carbons (Fsp3) is 0.385. The Hall–Kier alpha value is -1.88. The average molecular weight is 250 g/mol. The highest BCUT2D eigenvalue weighted by molar-refractivity contribution is 5.85. The van der Waals surface area contributed by atoms with Crippen LogP contribution in [-0.2, 0) is 9.59 Å². The molecule has 0 aromatic heterocycles. The molecule has 5 heteroatoms. The van der Waals surface area contributed by atoms with E-state index in [4.69, 9.17) is 10.8 Å². The molecule has 1 aromatic rings. The third-order valence-corrected chi connectivity index (χ3v) is 2.87. The molecule has 1 aromatic carbocycles. The van der Waals surface area contributed by atoms with Crippen LogP contribution in [0.5, 0.6) is 0 Å². The van der Waals surface area contributed by atoms with Crippen LogP contribution in [0.2, 0.25) is 0 Å². The van der Waals surface area contributed by atoms with Gasteiger partial charge in [-0.1, -0.05) is 37.3 Å². The number of aliphatic carboxylic acids is 1. The summed E-state index contributed by atoms with van der Waals surface area (Å²) >= 11 is 0. The van der Waals surface area contributed by atoms with E-state index < -0.39 is 24.0 Å². The summed E-state index contributed by atoms with van der Waals surface area (Å²) in [5, 5.41) is 11.1. The fourth-order valence-corrected chi connectivity index (χ4v) is 1.53. The van der Waals surface area contributed by atoms with Gasteiger partial charge in [-0.25, -0.2) is 0 Å². The maximum atomic E-state index is 11.8. The topological polar surface area (TPSA) is 92.4 Å². The van der Waals surface area contributed by atoms with Crippen molar-refractivity contribution in [2.24, 2.45) is 11.7 Å². The summed E-state index contributed by atoms with van der Waals surface area (Å²) in [6.45, 7) is 3.10. The summed E-state index contributed by atoms with van der Waals surface area (Å²) in [4.78, 5) is 22.5. The summed E-state index contributed by atoms with van der Waals surface area (Å²) in [7, 11) is 0. The van der Waals surface area contributed by atoms with E-state index in [1.807, 2.05) is 30.3 Å². The van der Waals surface area contributed by atoms with E-state index in [1.54, 1.807) is 6.92 Å².